The Hall–Kier alpha value is -1.46. The average Bonchev–Trinajstić information content (AvgIpc) is 2.89. The Balaban J connectivity index is 2.17. The van der Waals surface area contributed by atoms with Crippen LogP contribution in [-0.4, -0.2) is 42.7 Å². The van der Waals surface area contributed by atoms with E-state index in [1.54, 1.807) is 19.2 Å². The molecule has 1 aromatic rings. The van der Waals surface area contributed by atoms with Crippen LogP contribution in [0.4, 0.5) is 0 Å². The zero-order chi connectivity index (χ0) is 14.7. The molecule has 1 fully saturated rings. The van der Waals surface area contributed by atoms with Crippen LogP contribution in [0.15, 0.2) is 12.1 Å². The van der Waals surface area contributed by atoms with Crippen molar-refractivity contribution in [1.29, 1.82) is 0 Å². The molecule has 1 unspecified atom stereocenters. The quantitative estimate of drug-likeness (QED) is 0.889. The number of phenols is 1. The molecule has 0 spiro atoms. The van der Waals surface area contributed by atoms with Crippen LogP contribution in [0.5, 0.6) is 11.5 Å². The van der Waals surface area contributed by atoms with E-state index in [2.05, 4.69) is 10.2 Å². The highest BCUT2D eigenvalue weighted by Crippen LogP contribution is 2.35. The third kappa shape index (κ3) is 2.99. The molecule has 0 aliphatic carbocycles. The number of phenolic OH excluding ortho intramolecular Hbond substituents is 1. The summed E-state index contributed by atoms with van der Waals surface area (Å²) >= 11 is 5.98. The van der Waals surface area contributed by atoms with Gasteiger partial charge in [0.15, 0.2) is 11.5 Å². The number of amides is 1. The van der Waals surface area contributed by atoms with E-state index in [9.17, 15) is 9.90 Å². The molecule has 20 heavy (non-hydrogen) atoms. The van der Waals surface area contributed by atoms with Gasteiger partial charge in [0.1, 0.15) is 0 Å². The number of carbonyl (C=O) groups excluding carboxylic acids is 1. The number of rotatable bonds is 4. The highest BCUT2D eigenvalue weighted by Gasteiger charge is 2.30. The first kappa shape index (κ1) is 14.9. The predicted molar refractivity (Wildman–Crippen MR) is 77.2 cm³/mol. The summed E-state index contributed by atoms with van der Waals surface area (Å²) in [5.74, 6) is 0.338. The monoisotopic (exact) mass is 298 g/mol. The zero-order valence-corrected chi connectivity index (χ0v) is 12.4. The van der Waals surface area contributed by atoms with Gasteiger partial charge in [0.2, 0.25) is 5.91 Å². The fraction of sp³-hybridized carbons (Fsp3) is 0.500. The number of carbonyl (C=O) groups is 1. The number of nitrogens with one attached hydrogen (secondary N) is 1. The molecule has 2 rings (SSSR count). The van der Waals surface area contributed by atoms with Crippen LogP contribution in [0, 0.1) is 0 Å². The molecule has 1 saturated heterocycles. The molecule has 1 atom stereocenters. The Morgan fingerprint density at radius 3 is 3.00 bits per heavy atom. The molecule has 1 aromatic carbocycles. The number of hydrogen-bond donors (Lipinski definition) is 2. The SMILES string of the molecule is CNC(=O)C1CCCN1Cc1cc(Cl)c(O)c(OC)c1. The smallest absolute Gasteiger partial charge is 0.237 e. The normalized spacial score (nSPS) is 19.1. The van der Waals surface area contributed by atoms with Crippen LogP contribution in [0.2, 0.25) is 5.02 Å². The summed E-state index contributed by atoms with van der Waals surface area (Å²) in [6.07, 6.45) is 1.86. The van der Waals surface area contributed by atoms with Gasteiger partial charge in [0.05, 0.1) is 18.2 Å². The standard InChI is InChI=1S/C14H19ClN2O3/c1-16-14(19)11-4-3-5-17(11)8-9-6-10(15)13(18)12(7-9)20-2/h6-7,11,18H,3-5,8H2,1-2H3,(H,16,19). The van der Waals surface area contributed by atoms with Gasteiger partial charge in [-0.15, -0.1) is 0 Å². The van der Waals surface area contributed by atoms with E-state index in [1.165, 1.54) is 7.11 Å². The maximum Gasteiger partial charge on any atom is 0.237 e. The Bertz CT molecular complexity index is 507. The first-order valence-electron chi connectivity index (χ1n) is 6.57. The highest BCUT2D eigenvalue weighted by atomic mass is 35.5. The van der Waals surface area contributed by atoms with Crippen LogP contribution in [0.3, 0.4) is 0 Å². The maximum atomic E-state index is 11.8. The van der Waals surface area contributed by atoms with Gasteiger partial charge < -0.3 is 15.2 Å². The average molecular weight is 299 g/mol. The topological polar surface area (TPSA) is 61.8 Å². The molecule has 1 aliphatic heterocycles. The molecular weight excluding hydrogens is 280 g/mol. The number of halogens is 1. The highest BCUT2D eigenvalue weighted by molar-refractivity contribution is 6.32. The number of aromatic hydroxyl groups is 1. The maximum absolute atomic E-state index is 11.8. The molecule has 0 bridgehead atoms. The summed E-state index contributed by atoms with van der Waals surface area (Å²) in [5, 5.41) is 12.7. The van der Waals surface area contributed by atoms with Crippen molar-refractivity contribution >= 4 is 17.5 Å². The summed E-state index contributed by atoms with van der Waals surface area (Å²) < 4.78 is 5.09. The van der Waals surface area contributed by atoms with Crippen molar-refractivity contribution in [3.8, 4) is 11.5 Å². The number of likely N-dealkylation sites (tertiary alicyclic amines) is 1. The molecule has 1 aliphatic rings. The van der Waals surface area contributed by atoms with Crippen molar-refractivity contribution in [2.45, 2.75) is 25.4 Å². The Kier molecular flexibility index (Phi) is 4.73. The second-order valence-corrected chi connectivity index (χ2v) is 5.28. The van der Waals surface area contributed by atoms with E-state index in [0.29, 0.717) is 12.3 Å². The van der Waals surface area contributed by atoms with Gasteiger partial charge in [0.25, 0.3) is 0 Å². The lowest BCUT2D eigenvalue weighted by Gasteiger charge is -2.23. The minimum Gasteiger partial charge on any atom is -0.503 e. The molecule has 0 saturated carbocycles. The van der Waals surface area contributed by atoms with Crippen LogP contribution in [-0.2, 0) is 11.3 Å². The van der Waals surface area contributed by atoms with Gasteiger partial charge in [-0.2, -0.15) is 0 Å². The molecule has 110 valence electrons. The lowest BCUT2D eigenvalue weighted by atomic mass is 10.1. The number of benzene rings is 1. The van der Waals surface area contributed by atoms with Crippen LogP contribution < -0.4 is 10.1 Å². The van der Waals surface area contributed by atoms with Crippen molar-refractivity contribution in [2.24, 2.45) is 0 Å². The van der Waals surface area contributed by atoms with Crippen molar-refractivity contribution in [3.63, 3.8) is 0 Å². The zero-order valence-electron chi connectivity index (χ0n) is 11.6. The van der Waals surface area contributed by atoms with E-state index < -0.39 is 0 Å². The number of likely N-dealkylation sites (N-methyl/N-ethyl adjacent to an activating group) is 1. The minimum atomic E-state index is -0.0985. The number of nitrogens with zero attached hydrogens (tertiary/aromatic N) is 1. The van der Waals surface area contributed by atoms with E-state index in [-0.39, 0.29) is 22.7 Å². The largest absolute Gasteiger partial charge is 0.503 e. The van der Waals surface area contributed by atoms with Crippen molar-refractivity contribution < 1.29 is 14.6 Å². The van der Waals surface area contributed by atoms with Crippen molar-refractivity contribution in [3.05, 3.63) is 22.7 Å². The van der Waals surface area contributed by atoms with Crippen molar-refractivity contribution in [1.82, 2.24) is 10.2 Å². The number of hydrogen-bond acceptors (Lipinski definition) is 4. The second kappa shape index (κ2) is 6.33. The molecule has 6 heteroatoms. The first-order valence-corrected chi connectivity index (χ1v) is 6.95. The first-order chi connectivity index (χ1) is 9.56. The fourth-order valence-electron chi connectivity index (χ4n) is 2.59. The van der Waals surface area contributed by atoms with Crippen LogP contribution >= 0.6 is 11.6 Å². The third-order valence-electron chi connectivity index (χ3n) is 3.61. The van der Waals surface area contributed by atoms with E-state index in [4.69, 9.17) is 16.3 Å². The molecule has 1 heterocycles. The Morgan fingerprint density at radius 2 is 2.35 bits per heavy atom. The number of ether oxygens (including phenoxy) is 1. The van der Waals surface area contributed by atoms with Crippen molar-refractivity contribution in [2.75, 3.05) is 20.7 Å². The Morgan fingerprint density at radius 1 is 1.60 bits per heavy atom. The summed E-state index contributed by atoms with van der Waals surface area (Å²) in [5.41, 5.74) is 0.917. The third-order valence-corrected chi connectivity index (χ3v) is 3.89. The minimum absolute atomic E-state index is 0.0411. The summed E-state index contributed by atoms with van der Waals surface area (Å²) in [4.78, 5) is 13.9. The molecule has 2 N–H and O–H groups in total. The molecule has 5 nitrogen and oxygen atoms in total. The second-order valence-electron chi connectivity index (χ2n) is 4.87. The molecule has 0 aromatic heterocycles. The summed E-state index contributed by atoms with van der Waals surface area (Å²) in [7, 11) is 3.14. The van der Waals surface area contributed by atoms with Crippen LogP contribution in [0.1, 0.15) is 18.4 Å². The van der Waals surface area contributed by atoms with Gasteiger partial charge in [-0.25, -0.2) is 0 Å². The van der Waals surface area contributed by atoms with E-state index in [0.717, 1.165) is 24.9 Å². The lowest BCUT2D eigenvalue weighted by Crippen LogP contribution is -2.41. The number of methoxy groups -OCH3 is 1. The summed E-state index contributed by atoms with van der Waals surface area (Å²) in [6.45, 7) is 1.48. The van der Waals surface area contributed by atoms with Gasteiger partial charge in [-0.1, -0.05) is 11.6 Å². The summed E-state index contributed by atoms with van der Waals surface area (Å²) in [6, 6.07) is 3.36. The Labute approximate surface area is 123 Å². The fourth-order valence-corrected chi connectivity index (χ4v) is 2.82. The molecular formula is C14H19ClN2O3. The van der Waals surface area contributed by atoms with Gasteiger partial charge in [-0.3, -0.25) is 9.69 Å². The van der Waals surface area contributed by atoms with Gasteiger partial charge in [0, 0.05) is 13.6 Å². The van der Waals surface area contributed by atoms with Gasteiger partial charge in [-0.05, 0) is 37.1 Å². The molecule has 1 amide bonds. The van der Waals surface area contributed by atoms with Crippen LogP contribution in [0.25, 0.3) is 0 Å². The lowest BCUT2D eigenvalue weighted by molar-refractivity contribution is -0.125. The predicted octanol–water partition coefficient (Wildman–Crippen LogP) is 1.76. The van der Waals surface area contributed by atoms with Gasteiger partial charge >= 0.3 is 0 Å². The molecule has 0 radical (unpaired) electrons. The van der Waals surface area contributed by atoms with E-state index in [1.807, 2.05) is 0 Å². The van der Waals surface area contributed by atoms with E-state index >= 15 is 0 Å².